The highest BCUT2D eigenvalue weighted by atomic mass is 16.3. The summed E-state index contributed by atoms with van der Waals surface area (Å²) in [7, 11) is 0. The van der Waals surface area contributed by atoms with Crippen LogP contribution in [-0.2, 0) is 13.0 Å². The molecular formula is C16H20N2O2. The molecule has 0 radical (unpaired) electrons. The molecule has 2 aromatic rings. The van der Waals surface area contributed by atoms with E-state index in [1.165, 1.54) is 0 Å². The van der Waals surface area contributed by atoms with Gasteiger partial charge >= 0.3 is 0 Å². The highest BCUT2D eigenvalue weighted by molar-refractivity contribution is 5.92. The van der Waals surface area contributed by atoms with Gasteiger partial charge in [-0.15, -0.1) is 0 Å². The summed E-state index contributed by atoms with van der Waals surface area (Å²) in [5.74, 6) is -0.146. The molecule has 1 heterocycles. The van der Waals surface area contributed by atoms with Crippen molar-refractivity contribution in [3.63, 3.8) is 0 Å². The minimum atomic E-state index is -0.273. The molecular weight excluding hydrogens is 252 g/mol. The molecule has 1 amide bonds. The number of nitrogens with one attached hydrogen (secondary N) is 1. The summed E-state index contributed by atoms with van der Waals surface area (Å²) in [6, 6.07) is 13.2. The second-order valence-corrected chi connectivity index (χ2v) is 4.72. The fourth-order valence-electron chi connectivity index (χ4n) is 2.22. The van der Waals surface area contributed by atoms with Crippen molar-refractivity contribution < 1.29 is 9.90 Å². The molecule has 2 N–H and O–H groups in total. The number of carbonyl (C=O) groups is 1. The molecule has 0 bridgehead atoms. The normalized spacial score (nSPS) is 12.1. The van der Waals surface area contributed by atoms with Crippen LogP contribution in [0.25, 0.3) is 0 Å². The SMILES string of the molecule is CCn1cccc1C(=O)N[C@H](CO)Cc1ccccc1. The van der Waals surface area contributed by atoms with E-state index in [2.05, 4.69) is 5.32 Å². The van der Waals surface area contributed by atoms with E-state index in [0.29, 0.717) is 12.1 Å². The monoisotopic (exact) mass is 272 g/mol. The third kappa shape index (κ3) is 3.48. The van der Waals surface area contributed by atoms with Gasteiger partial charge in [0.2, 0.25) is 0 Å². The van der Waals surface area contributed by atoms with Crippen LogP contribution in [0.5, 0.6) is 0 Å². The fourth-order valence-corrected chi connectivity index (χ4v) is 2.22. The average molecular weight is 272 g/mol. The van der Waals surface area contributed by atoms with Crippen LogP contribution in [0.15, 0.2) is 48.7 Å². The number of aryl methyl sites for hydroxylation is 1. The summed E-state index contributed by atoms with van der Waals surface area (Å²) in [6.45, 7) is 2.66. The van der Waals surface area contributed by atoms with Gasteiger partial charge in [-0.1, -0.05) is 30.3 Å². The quantitative estimate of drug-likeness (QED) is 0.843. The van der Waals surface area contributed by atoms with E-state index in [4.69, 9.17) is 0 Å². The topological polar surface area (TPSA) is 54.3 Å². The number of rotatable bonds is 6. The molecule has 4 heteroatoms. The Bertz CT molecular complexity index is 549. The van der Waals surface area contributed by atoms with Crippen molar-refractivity contribution in [3.05, 3.63) is 59.9 Å². The van der Waals surface area contributed by atoms with Crippen molar-refractivity contribution >= 4 is 5.91 Å². The third-order valence-electron chi connectivity index (χ3n) is 3.28. The molecule has 20 heavy (non-hydrogen) atoms. The predicted octanol–water partition coefficient (Wildman–Crippen LogP) is 1.84. The number of aliphatic hydroxyl groups excluding tert-OH is 1. The van der Waals surface area contributed by atoms with Crippen molar-refractivity contribution in [2.75, 3.05) is 6.61 Å². The summed E-state index contributed by atoms with van der Waals surface area (Å²) in [6.07, 6.45) is 2.50. The van der Waals surface area contributed by atoms with Gasteiger partial charge in [0.25, 0.3) is 5.91 Å². The van der Waals surface area contributed by atoms with E-state index in [-0.39, 0.29) is 18.6 Å². The number of aromatic nitrogens is 1. The number of aliphatic hydroxyl groups is 1. The van der Waals surface area contributed by atoms with Crippen LogP contribution < -0.4 is 5.32 Å². The zero-order valence-corrected chi connectivity index (χ0v) is 11.6. The van der Waals surface area contributed by atoms with Gasteiger partial charge in [-0.2, -0.15) is 0 Å². The lowest BCUT2D eigenvalue weighted by atomic mass is 10.1. The Morgan fingerprint density at radius 2 is 2.00 bits per heavy atom. The van der Waals surface area contributed by atoms with E-state index in [1.807, 2.05) is 54.1 Å². The summed E-state index contributed by atoms with van der Waals surface area (Å²) in [4.78, 5) is 12.2. The molecule has 1 aromatic carbocycles. The number of benzene rings is 1. The van der Waals surface area contributed by atoms with Gasteiger partial charge < -0.3 is 15.0 Å². The maximum absolute atomic E-state index is 12.2. The number of carbonyl (C=O) groups excluding carboxylic acids is 1. The van der Waals surface area contributed by atoms with Crippen molar-refractivity contribution in [2.24, 2.45) is 0 Å². The van der Waals surface area contributed by atoms with Gasteiger partial charge in [0.05, 0.1) is 12.6 Å². The molecule has 0 saturated carbocycles. The average Bonchev–Trinajstić information content (AvgIpc) is 2.96. The number of hydrogen-bond donors (Lipinski definition) is 2. The largest absolute Gasteiger partial charge is 0.394 e. The summed E-state index contributed by atoms with van der Waals surface area (Å²) >= 11 is 0. The number of hydrogen-bond acceptors (Lipinski definition) is 2. The molecule has 0 unspecified atom stereocenters. The Labute approximate surface area is 119 Å². The van der Waals surface area contributed by atoms with Crippen molar-refractivity contribution in [1.29, 1.82) is 0 Å². The number of nitrogens with zero attached hydrogens (tertiary/aromatic N) is 1. The Morgan fingerprint density at radius 3 is 2.65 bits per heavy atom. The molecule has 2 rings (SSSR count). The van der Waals surface area contributed by atoms with E-state index in [0.717, 1.165) is 12.1 Å². The van der Waals surface area contributed by atoms with Crippen LogP contribution in [-0.4, -0.2) is 28.2 Å². The van der Waals surface area contributed by atoms with Gasteiger partial charge in [-0.3, -0.25) is 4.79 Å². The zero-order valence-electron chi connectivity index (χ0n) is 11.6. The predicted molar refractivity (Wildman–Crippen MR) is 78.6 cm³/mol. The minimum absolute atomic E-state index is 0.0759. The lowest BCUT2D eigenvalue weighted by Gasteiger charge is -2.17. The maximum Gasteiger partial charge on any atom is 0.268 e. The van der Waals surface area contributed by atoms with Gasteiger partial charge in [0, 0.05) is 12.7 Å². The second kappa shape index (κ2) is 6.91. The first-order valence-corrected chi connectivity index (χ1v) is 6.85. The maximum atomic E-state index is 12.2. The molecule has 0 aliphatic rings. The molecule has 0 saturated heterocycles. The lowest BCUT2D eigenvalue weighted by Crippen LogP contribution is -2.39. The Balaban J connectivity index is 2.01. The van der Waals surface area contributed by atoms with Crippen molar-refractivity contribution in [3.8, 4) is 0 Å². The summed E-state index contributed by atoms with van der Waals surface area (Å²) in [5, 5.41) is 12.3. The van der Waals surface area contributed by atoms with E-state index < -0.39 is 0 Å². The summed E-state index contributed by atoms with van der Waals surface area (Å²) < 4.78 is 1.88. The van der Waals surface area contributed by atoms with Crippen LogP contribution >= 0.6 is 0 Å². The number of amides is 1. The Kier molecular flexibility index (Phi) is 4.96. The highest BCUT2D eigenvalue weighted by Gasteiger charge is 2.15. The molecule has 0 spiro atoms. The summed E-state index contributed by atoms with van der Waals surface area (Å²) in [5.41, 5.74) is 1.72. The first-order chi connectivity index (χ1) is 9.74. The van der Waals surface area contributed by atoms with Crippen LogP contribution in [0.3, 0.4) is 0 Å². The van der Waals surface area contributed by atoms with Crippen molar-refractivity contribution in [1.82, 2.24) is 9.88 Å². The van der Waals surface area contributed by atoms with Gasteiger partial charge in [-0.05, 0) is 31.0 Å². The molecule has 0 aliphatic carbocycles. The molecule has 1 atom stereocenters. The molecule has 0 fully saturated rings. The second-order valence-electron chi connectivity index (χ2n) is 4.72. The zero-order chi connectivity index (χ0) is 14.4. The smallest absolute Gasteiger partial charge is 0.268 e. The lowest BCUT2D eigenvalue weighted by molar-refractivity contribution is 0.0907. The fraction of sp³-hybridized carbons (Fsp3) is 0.312. The van der Waals surface area contributed by atoms with Crippen LogP contribution in [0.2, 0.25) is 0 Å². The van der Waals surface area contributed by atoms with Crippen LogP contribution in [0, 0.1) is 0 Å². The molecule has 1 aromatic heterocycles. The van der Waals surface area contributed by atoms with Gasteiger partial charge in [0.15, 0.2) is 0 Å². The van der Waals surface area contributed by atoms with Crippen molar-refractivity contribution in [2.45, 2.75) is 25.9 Å². The molecule has 4 nitrogen and oxygen atoms in total. The van der Waals surface area contributed by atoms with Gasteiger partial charge in [0.1, 0.15) is 5.69 Å². The Morgan fingerprint density at radius 1 is 1.25 bits per heavy atom. The minimum Gasteiger partial charge on any atom is -0.394 e. The molecule has 106 valence electrons. The van der Waals surface area contributed by atoms with E-state index >= 15 is 0 Å². The van der Waals surface area contributed by atoms with Crippen LogP contribution in [0.1, 0.15) is 23.0 Å². The first-order valence-electron chi connectivity index (χ1n) is 6.85. The highest BCUT2D eigenvalue weighted by Crippen LogP contribution is 2.06. The molecule has 0 aliphatic heterocycles. The van der Waals surface area contributed by atoms with Crippen LogP contribution in [0.4, 0.5) is 0 Å². The van der Waals surface area contributed by atoms with E-state index in [1.54, 1.807) is 6.07 Å². The first kappa shape index (κ1) is 14.3. The van der Waals surface area contributed by atoms with Gasteiger partial charge in [-0.25, -0.2) is 0 Å². The standard InChI is InChI=1S/C16H20N2O2/c1-2-18-10-6-9-15(18)16(20)17-14(12-19)11-13-7-4-3-5-8-13/h3-10,14,19H,2,11-12H2,1H3,(H,17,20)/t14-/m0/s1. The third-order valence-corrected chi connectivity index (χ3v) is 3.28. The Hall–Kier alpha value is -2.07. The van der Waals surface area contributed by atoms with E-state index in [9.17, 15) is 9.90 Å².